The van der Waals surface area contributed by atoms with E-state index in [1.54, 1.807) is 32.4 Å². The Morgan fingerprint density at radius 2 is 1.96 bits per heavy atom. The zero-order valence-corrected chi connectivity index (χ0v) is 13.5. The Balaban J connectivity index is 1.72. The van der Waals surface area contributed by atoms with Gasteiger partial charge >= 0.3 is 0 Å². The smallest absolute Gasteiger partial charge is 0.253 e. The molecule has 0 spiro atoms. The number of amides is 2. The van der Waals surface area contributed by atoms with E-state index >= 15 is 0 Å². The molecule has 2 amide bonds. The Labute approximate surface area is 136 Å². The third kappa shape index (κ3) is 5.25. The van der Waals surface area contributed by atoms with Gasteiger partial charge in [-0.25, -0.2) is 0 Å². The van der Waals surface area contributed by atoms with Crippen molar-refractivity contribution in [3.63, 3.8) is 0 Å². The van der Waals surface area contributed by atoms with Crippen LogP contribution in [0.2, 0.25) is 0 Å². The van der Waals surface area contributed by atoms with E-state index in [9.17, 15) is 9.59 Å². The molecule has 1 aromatic heterocycles. The number of aromatic nitrogens is 2. The summed E-state index contributed by atoms with van der Waals surface area (Å²) >= 11 is 0. The Morgan fingerprint density at radius 3 is 2.57 bits per heavy atom. The van der Waals surface area contributed by atoms with E-state index in [4.69, 9.17) is 0 Å². The second kappa shape index (κ2) is 8.12. The van der Waals surface area contributed by atoms with Gasteiger partial charge in [-0.3, -0.25) is 14.3 Å². The molecular weight excluding hydrogens is 292 g/mol. The van der Waals surface area contributed by atoms with Crippen LogP contribution in [0.15, 0.2) is 42.7 Å². The van der Waals surface area contributed by atoms with Crippen molar-refractivity contribution in [2.45, 2.75) is 25.9 Å². The van der Waals surface area contributed by atoms with Crippen molar-refractivity contribution < 1.29 is 9.59 Å². The second-order valence-corrected chi connectivity index (χ2v) is 5.55. The highest BCUT2D eigenvalue weighted by Gasteiger charge is 2.07. The van der Waals surface area contributed by atoms with E-state index in [1.807, 2.05) is 29.1 Å². The molecule has 2 aromatic rings. The summed E-state index contributed by atoms with van der Waals surface area (Å²) in [5.74, 6) is -0.00944. The molecule has 122 valence electrons. The highest BCUT2D eigenvalue weighted by Crippen LogP contribution is 2.06. The van der Waals surface area contributed by atoms with Gasteiger partial charge in [0.1, 0.15) is 0 Å². The molecule has 1 heterocycles. The van der Waals surface area contributed by atoms with E-state index in [1.165, 1.54) is 4.90 Å². The molecule has 1 N–H and O–H groups in total. The maximum atomic E-state index is 11.8. The Morgan fingerprint density at radius 1 is 1.22 bits per heavy atom. The van der Waals surface area contributed by atoms with Crippen molar-refractivity contribution in [2.24, 2.45) is 0 Å². The molecule has 0 saturated carbocycles. The van der Waals surface area contributed by atoms with Crippen LogP contribution in [0.5, 0.6) is 0 Å². The third-order valence-electron chi connectivity index (χ3n) is 3.45. The zero-order valence-electron chi connectivity index (χ0n) is 13.5. The summed E-state index contributed by atoms with van der Waals surface area (Å²) in [6.45, 7) is 1.21. The molecule has 23 heavy (non-hydrogen) atoms. The lowest BCUT2D eigenvalue weighted by atomic mass is 10.1. The number of aryl methyl sites for hydroxylation is 1. The van der Waals surface area contributed by atoms with Crippen LogP contribution in [-0.4, -0.2) is 40.6 Å². The molecule has 1 aromatic carbocycles. The van der Waals surface area contributed by atoms with Crippen LogP contribution in [0.4, 0.5) is 0 Å². The van der Waals surface area contributed by atoms with Crippen LogP contribution in [0.1, 0.15) is 28.8 Å². The number of hydrogen-bond acceptors (Lipinski definition) is 3. The minimum atomic E-state index is -0.0285. The molecule has 6 heteroatoms. The minimum Gasteiger partial charge on any atom is -0.352 e. The van der Waals surface area contributed by atoms with Crippen LogP contribution in [-0.2, 0) is 17.9 Å². The number of carbonyl (C=O) groups excluding carboxylic acids is 2. The van der Waals surface area contributed by atoms with E-state index in [-0.39, 0.29) is 11.8 Å². The standard InChI is InChI=1S/C17H22N4O2/c1-20(2)17(23)15-8-6-14(7-9-15)13-18-16(22)5-3-11-21-12-4-10-19-21/h4,6-10,12H,3,5,11,13H2,1-2H3,(H,18,22). The van der Waals surface area contributed by atoms with Crippen LogP contribution in [0.25, 0.3) is 0 Å². The third-order valence-corrected chi connectivity index (χ3v) is 3.45. The fourth-order valence-corrected chi connectivity index (χ4v) is 2.15. The van der Waals surface area contributed by atoms with E-state index in [2.05, 4.69) is 10.4 Å². The second-order valence-electron chi connectivity index (χ2n) is 5.55. The zero-order chi connectivity index (χ0) is 16.7. The molecule has 0 aliphatic carbocycles. The molecule has 0 aliphatic rings. The molecule has 0 atom stereocenters. The summed E-state index contributed by atoms with van der Waals surface area (Å²) in [6.07, 6.45) is 4.83. The van der Waals surface area contributed by atoms with Crippen molar-refractivity contribution in [1.29, 1.82) is 0 Å². The van der Waals surface area contributed by atoms with Gasteiger partial charge in [-0.15, -0.1) is 0 Å². The highest BCUT2D eigenvalue weighted by atomic mass is 16.2. The average Bonchev–Trinajstić information content (AvgIpc) is 3.06. The van der Waals surface area contributed by atoms with Crippen molar-refractivity contribution >= 4 is 11.8 Å². The summed E-state index contributed by atoms with van der Waals surface area (Å²) in [5.41, 5.74) is 1.62. The van der Waals surface area contributed by atoms with Gasteiger partial charge < -0.3 is 10.2 Å². The Bertz CT molecular complexity index is 633. The van der Waals surface area contributed by atoms with E-state index < -0.39 is 0 Å². The molecule has 0 aliphatic heterocycles. The van der Waals surface area contributed by atoms with E-state index in [0.717, 1.165) is 18.5 Å². The van der Waals surface area contributed by atoms with Crippen LogP contribution < -0.4 is 5.32 Å². The van der Waals surface area contributed by atoms with Gasteiger partial charge in [-0.05, 0) is 30.2 Å². The quantitative estimate of drug-likeness (QED) is 0.845. The summed E-state index contributed by atoms with van der Waals surface area (Å²) in [7, 11) is 3.44. The van der Waals surface area contributed by atoms with Gasteiger partial charge in [0, 0.05) is 51.6 Å². The van der Waals surface area contributed by atoms with Crippen molar-refractivity contribution in [1.82, 2.24) is 20.0 Å². The summed E-state index contributed by atoms with van der Waals surface area (Å²) in [5, 5.41) is 6.98. The van der Waals surface area contributed by atoms with Gasteiger partial charge in [-0.2, -0.15) is 5.10 Å². The predicted octanol–water partition coefficient (Wildman–Crippen LogP) is 1.68. The molecule has 0 bridgehead atoms. The first-order chi connectivity index (χ1) is 11.1. The molecule has 0 radical (unpaired) electrons. The van der Waals surface area contributed by atoms with Gasteiger partial charge in [-0.1, -0.05) is 12.1 Å². The number of nitrogens with zero attached hydrogens (tertiary/aromatic N) is 3. The number of hydrogen-bond donors (Lipinski definition) is 1. The molecule has 6 nitrogen and oxygen atoms in total. The van der Waals surface area contributed by atoms with Gasteiger partial charge in [0.25, 0.3) is 5.91 Å². The average molecular weight is 314 g/mol. The van der Waals surface area contributed by atoms with Gasteiger partial charge in [0.05, 0.1) is 0 Å². The summed E-state index contributed by atoms with van der Waals surface area (Å²) < 4.78 is 1.81. The molecular formula is C17H22N4O2. The van der Waals surface area contributed by atoms with Crippen LogP contribution >= 0.6 is 0 Å². The summed E-state index contributed by atoms with van der Waals surface area (Å²) in [4.78, 5) is 25.1. The lowest BCUT2D eigenvalue weighted by molar-refractivity contribution is -0.121. The number of nitrogens with one attached hydrogen (secondary N) is 1. The number of carbonyl (C=O) groups is 2. The SMILES string of the molecule is CN(C)C(=O)c1ccc(CNC(=O)CCCn2cccn2)cc1. The first-order valence-corrected chi connectivity index (χ1v) is 7.61. The fourth-order valence-electron chi connectivity index (χ4n) is 2.15. The first-order valence-electron chi connectivity index (χ1n) is 7.61. The maximum absolute atomic E-state index is 11.8. The van der Waals surface area contributed by atoms with Gasteiger partial charge in [0.2, 0.25) is 5.91 Å². The fraction of sp³-hybridized carbons (Fsp3) is 0.353. The maximum Gasteiger partial charge on any atom is 0.253 e. The molecule has 0 unspecified atom stereocenters. The number of benzene rings is 1. The van der Waals surface area contributed by atoms with E-state index in [0.29, 0.717) is 18.5 Å². The van der Waals surface area contributed by atoms with Crippen LogP contribution in [0, 0.1) is 0 Å². The monoisotopic (exact) mass is 314 g/mol. The van der Waals surface area contributed by atoms with Crippen molar-refractivity contribution in [3.8, 4) is 0 Å². The summed E-state index contributed by atoms with van der Waals surface area (Å²) in [6, 6.07) is 9.15. The Hall–Kier alpha value is -2.63. The Kier molecular flexibility index (Phi) is 5.91. The topological polar surface area (TPSA) is 67.2 Å². The normalized spacial score (nSPS) is 10.3. The van der Waals surface area contributed by atoms with Crippen molar-refractivity contribution in [3.05, 3.63) is 53.9 Å². The lowest BCUT2D eigenvalue weighted by Gasteiger charge is -2.11. The highest BCUT2D eigenvalue weighted by molar-refractivity contribution is 5.93. The molecule has 0 saturated heterocycles. The van der Waals surface area contributed by atoms with Gasteiger partial charge in [0.15, 0.2) is 0 Å². The predicted molar refractivity (Wildman–Crippen MR) is 87.8 cm³/mol. The largest absolute Gasteiger partial charge is 0.352 e. The first kappa shape index (κ1) is 16.7. The lowest BCUT2D eigenvalue weighted by Crippen LogP contribution is -2.23. The minimum absolute atomic E-state index is 0.0191. The number of rotatable bonds is 7. The van der Waals surface area contributed by atoms with Crippen LogP contribution in [0.3, 0.4) is 0 Å². The van der Waals surface area contributed by atoms with Crippen molar-refractivity contribution in [2.75, 3.05) is 14.1 Å². The molecule has 2 rings (SSSR count). The molecule has 0 fully saturated rings.